The molecule has 3 heterocycles. The number of fused-ring (bicyclic) bond motifs is 1. The number of hydrogen-bond donors (Lipinski definition) is 2. The number of halogens is 1. The monoisotopic (exact) mass is 475 g/mol. The minimum absolute atomic E-state index is 0.0390. The Morgan fingerprint density at radius 3 is 2.69 bits per heavy atom. The highest BCUT2D eigenvalue weighted by Gasteiger charge is 2.29. The molecule has 5 rings (SSSR count). The number of carboxylic acid groups (broad SMARTS) is 1. The summed E-state index contributed by atoms with van der Waals surface area (Å²) in [5.41, 5.74) is -0.0488. The average molecular weight is 475 g/mol. The van der Waals surface area contributed by atoms with E-state index >= 15 is 4.39 Å². The van der Waals surface area contributed by atoms with Crippen LogP contribution in [0, 0.1) is 5.82 Å². The van der Waals surface area contributed by atoms with Crippen molar-refractivity contribution in [2.75, 3.05) is 18.1 Å². The third-order valence-electron chi connectivity index (χ3n) is 6.18. The molecule has 35 heavy (non-hydrogen) atoms. The van der Waals surface area contributed by atoms with Crippen molar-refractivity contribution in [3.8, 4) is 17.3 Å². The quantitative estimate of drug-likeness (QED) is 0.435. The molecule has 2 aromatic heterocycles. The third kappa shape index (κ3) is 4.28. The van der Waals surface area contributed by atoms with Crippen LogP contribution in [0.2, 0.25) is 0 Å². The smallest absolute Gasteiger partial charge is 0.341 e. The van der Waals surface area contributed by atoms with Crippen LogP contribution in [0.4, 0.5) is 10.1 Å². The predicted molar refractivity (Wildman–Crippen MR) is 128 cm³/mol. The summed E-state index contributed by atoms with van der Waals surface area (Å²) in [7, 11) is 0. The van der Waals surface area contributed by atoms with Gasteiger partial charge in [-0.1, -0.05) is 6.07 Å². The zero-order valence-electron chi connectivity index (χ0n) is 18.6. The van der Waals surface area contributed by atoms with Gasteiger partial charge in [-0.05, 0) is 55.3 Å². The number of benzene rings is 2. The van der Waals surface area contributed by atoms with Crippen LogP contribution in [0.15, 0.2) is 71.8 Å². The number of ether oxygens (including phenoxy) is 1. The Balaban J connectivity index is 1.60. The lowest BCUT2D eigenvalue weighted by Crippen LogP contribution is -2.35. The summed E-state index contributed by atoms with van der Waals surface area (Å²) >= 11 is 0. The molecule has 0 amide bonds. The summed E-state index contributed by atoms with van der Waals surface area (Å²) in [6.45, 7) is 0.923. The van der Waals surface area contributed by atoms with Gasteiger partial charge in [-0.25, -0.2) is 14.2 Å². The number of nitrogens with zero attached hydrogens (tertiary/aromatic N) is 3. The van der Waals surface area contributed by atoms with E-state index in [1.54, 1.807) is 36.5 Å². The molecule has 0 unspecified atom stereocenters. The molecule has 2 aromatic carbocycles. The normalized spacial score (nSPS) is 15.5. The first kappa shape index (κ1) is 22.4. The van der Waals surface area contributed by atoms with Crippen molar-refractivity contribution in [3.63, 3.8) is 0 Å². The number of pyridine rings is 2. The fraction of sp³-hybridized carbons (Fsp3) is 0.192. The molecule has 0 saturated carbocycles. The lowest BCUT2D eigenvalue weighted by atomic mass is 10.1. The molecular formula is C26H22FN3O5. The van der Waals surface area contributed by atoms with E-state index in [0.29, 0.717) is 35.9 Å². The van der Waals surface area contributed by atoms with Crippen molar-refractivity contribution < 1.29 is 24.1 Å². The molecule has 0 aliphatic carbocycles. The topological polar surface area (TPSA) is 105 Å². The second kappa shape index (κ2) is 9.09. The Bertz CT molecular complexity index is 1450. The molecule has 8 nitrogen and oxygen atoms in total. The Kier molecular flexibility index (Phi) is 5.82. The number of carbonyl (C=O) groups is 1. The molecule has 0 radical (unpaired) electrons. The summed E-state index contributed by atoms with van der Waals surface area (Å²) < 4.78 is 22.7. The van der Waals surface area contributed by atoms with E-state index in [2.05, 4.69) is 4.98 Å². The van der Waals surface area contributed by atoms with Crippen molar-refractivity contribution in [2.24, 2.45) is 0 Å². The summed E-state index contributed by atoms with van der Waals surface area (Å²) in [6, 6.07) is 14.0. The van der Waals surface area contributed by atoms with Crippen LogP contribution in [0.25, 0.3) is 16.6 Å². The summed E-state index contributed by atoms with van der Waals surface area (Å²) in [5, 5.41) is 19.2. The van der Waals surface area contributed by atoms with Crippen molar-refractivity contribution >= 4 is 22.6 Å². The molecule has 178 valence electrons. The van der Waals surface area contributed by atoms with E-state index in [1.807, 2.05) is 11.0 Å². The molecule has 2 N–H and O–H groups in total. The van der Waals surface area contributed by atoms with Crippen LogP contribution < -0.4 is 15.1 Å². The van der Waals surface area contributed by atoms with Gasteiger partial charge in [0, 0.05) is 36.1 Å². The van der Waals surface area contributed by atoms with Gasteiger partial charge in [0.05, 0.1) is 17.2 Å². The van der Waals surface area contributed by atoms with Crippen LogP contribution in [0.1, 0.15) is 23.2 Å². The number of aromatic hydroxyl groups is 1. The number of anilines is 1. The van der Waals surface area contributed by atoms with E-state index in [0.717, 1.165) is 18.9 Å². The first-order valence-electron chi connectivity index (χ1n) is 11.1. The molecule has 1 aliphatic rings. The molecule has 4 aromatic rings. The first-order valence-corrected chi connectivity index (χ1v) is 11.1. The minimum atomic E-state index is -1.40. The molecule has 0 spiro atoms. The highest BCUT2D eigenvalue weighted by Crippen LogP contribution is 2.32. The largest absolute Gasteiger partial charge is 0.508 e. The number of phenols is 1. The highest BCUT2D eigenvalue weighted by molar-refractivity contribution is 5.94. The molecule has 1 fully saturated rings. The van der Waals surface area contributed by atoms with E-state index in [4.69, 9.17) is 4.74 Å². The van der Waals surface area contributed by atoms with Gasteiger partial charge in [-0.15, -0.1) is 0 Å². The van der Waals surface area contributed by atoms with Gasteiger partial charge in [-0.3, -0.25) is 4.79 Å². The summed E-state index contributed by atoms with van der Waals surface area (Å²) in [6.07, 6.45) is 4.51. The maximum Gasteiger partial charge on any atom is 0.341 e. The van der Waals surface area contributed by atoms with Gasteiger partial charge >= 0.3 is 5.97 Å². The lowest BCUT2D eigenvalue weighted by molar-refractivity contribution is 0.0695. The van der Waals surface area contributed by atoms with Gasteiger partial charge < -0.3 is 24.4 Å². The van der Waals surface area contributed by atoms with Crippen molar-refractivity contribution in [3.05, 3.63) is 88.6 Å². The number of rotatable bonds is 6. The lowest BCUT2D eigenvalue weighted by Gasteiger charge is -2.27. The summed E-state index contributed by atoms with van der Waals surface area (Å²) in [5.74, 6) is -1.49. The van der Waals surface area contributed by atoms with E-state index < -0.39 is 22.8 Å². The van der Waals surface area contributed by atoms with Crippen LogP contribution in [0.3, 0.4) is 0 Å². The van der Waals surface area contributed by atoms with Gasteiger partial charge in [0.1, 0.15) is 23.7 Å². The van der Waals surface area contributed by atoms with Crippen molar-refractivity contribution in [2.45, 2.75) is 18.9 Å². The number of carboxylic acids is 1. The zero-order valence-corrected chi connectivity index (χ0v) is 18.6. The Labute approximate surface area is 199 Å². The number of hydrogen-bond acceptors (Lipinski definition) is 6. The zero-order chi connectivity index (χ0) is 24.5. The molecule has 0 bridgehead atoms. The van der Waals surface area contributed by atoms with Crippen LogP contribution >= 0.6 is 0 Å². The number of phenolic OH excluding ortho intramolecular Hbond substituents is 1. The van der Waals surface area contributed by atoms with E-state index in [-0.39, 0.29) is 17.2 Å². The fourth-order valence-corrected chi connectivity index (χ4v) is 4.47. The Morgan fingerprint density at radius 2 is 1.97 bits per heavy atom. The van der Waals surface area contributed by atoms with Crippen molar-refractivity contribution in [1.29, 1.82) is 0 Å². The number of aromatic nitrogens is 2. The number of aromatic carboxylic acids is 1. The standard InChI is InChI=1S/C26H22FN3O5/c27-21-12-19-22(30(14-20(25(19)32)26(33)34)16-6-8-18(31)9-7-16)13-23(21)29-11-3-4-17(29)15-35-24-5-1-2-10-28-24/h1-2,5-10,12-14,17,31H,3-4,11,15H2,(H,33,34)/t17-/m1/s1. The average Bonchev–Trinajstić information content (AvgIpc) is 3.32. The van der Waals surface area contributed by atoms with Crippen LogP contribution in [0.5, 0.6) is 11.6 Å². The Morgan fingerprint density at radius 1 is 1.17 bits per heavy atom. The van der Waals surface area contributed by atoms with E-state index in [9.17, 15) is 19.8 Å². The minimum Gasteiger partial charge on any atom is -0.508 e. The van der Waals surface area contributed by atoms with Crippen LogP contribution in [-0.4, -0.2) is 44.9 Å². The van der Waals surface area contributed by atoms with Gasteiger partial charge in [0.25, 0.3) is 0 Å². The Hall–Kier alpha value is -4.40. The maximum atomic E-state index is 15.4. The SMILES string of the molecule is O=C(O)c1cn(-c2ccc(O)cc2)c2cc(N3CCC[C@@H]3COc3ccccn3)c(F)cc2c1=O. The van der Waals surface area contributed by atoms with Gasteiger partial charge in [0.2, 0.25) is 11.3 Å². The van der Waals surface area contributed by atoms with E-state index in [1.165, 1.54) is 22.9 Å². The first-order chi connectivity index (χ1) is 16.9. The molecular weight excluding hydrogens is 453 g/mol. The molecule has 1 aliphatic heterocycles. The summed E-state index contributed by atoms with van der Waals surface area (Å²) in [4.78, 5) is 30.7. The van der Waals surface area contributed by atoms with Gasteiger partial charge in [0.15, 0.2) is 0 Å². The third-order valence-corrected chi connectivity index (χ3v) is 6.18. The maximum absolute atomic E-state index is 15.4. The highest BCUT2D eigenvalue weighted by atomic mass is 19.1. The molecule has 1 saturated heterocycles. The van der Waals surface area contributed by atoms with Crippen LogP contribution in [-0.2, 0) is 0 Å². The second-order valence-corrected chi connectivity index (χ2v) is 8.35. The van der Waals surface area contributed by atoms with Gasteiger partial charge in [-0.2, -0.15) is 0 Å². The van der Waals surface area contributed by atoms with Crippen molar-refractivity contribution in [1.82, 2.24) is 9.55 Å². The molecule has 1 atom stereocenters. The predicted octanol–water partition coefficient (Wildman–Crippen LogP) is 3.98. The second-order valence-electron chi connectivity index (χ2n) is 8.35. The fourth-order valence-electron chi connectivity index (χ4n) is 4.47. The molecule has 9 heteroatoms.